The maximum Gasteiger partial charge on any atom is 0.258 e. The number of aromatic nitrogens is 2. The number of piperidine rings is 1. The lowest BCUT2D eigenvalue weighted by Crippen LogP contribution is -2.40. The molecule has 5 nitrogen and oxygen atoms in total. The summed E-state index contributed by atoms with van der Waals surface area (Å²) in [5.41, 5.74) is 3.33. The smallest absolute Gasteiger partial charge is 0.258 e. The number of thioether (sulfide) groups is 1. The van der Waals surface area contributed by atoms with E-state index in [1.165, 1.54) is 56.1 Å². The van der Waals surface area contributed by atoms with Gasteiger partial charge in [0, 0.05) is 12.6 Å². The number of nitrogens with zero attached hydrogens (tertiary/aromatic N) is 3. The Morgan fingerprint density at radius 3 is 2.91 bits per heavy atom. The van der Waals surface area contributed by atoms with Crippen LogP contribution in [-0.2, 0) is 11.2 Å². The molecule has 0 spiro atoms. The number of carbonyl (C=O) groups is 1. The summed E-state index contributed by atoms with van der Waals surface area (Å²) in [5, 5.41) is 4.19. The average Bonchev–Trinajstić information content (AvgIpc) is 3.28. The standard InChI is InChI=1S/C27H32N4OS/c32-27(24-19-23-20-29-25-14-6-15-26(33-24)31(23)25)28-16-7-13-22-12-4-5-17-30(22)18-8-11-21-9-2-1-3-10-21/h1-3,6,9-10,14-15,19-20,22H,4-5,7-8,11-13,16-18H2,(H,28,32). The Balaban J connectivity index is 1.07. The Bertz CT molecular complexity index is 1120. The van der Waals surface area contributed by atoms with Crippen LogP contribution in [0, 0.1) is 0 Å². The molecule has 33 heavy (non-hydrogen) atoms. The molecule has 1 saturated heterocycles. The summed E-state index contributed by atoms with van der Waals surface area (Å²) in [5.74, 6) is 0.0211. The summed E-state index contributed by atoms with van der Waals surface area (Å²) in [4.78, 5) is 20.7. The van der Waals surface area contributed by atoms with Crippen molar-refractivity contribution in [3.05, 3.63) is 70.9 Å². The molecule has 1 aromatic carbocycles. The molecule has 2 aromatic heterocycles. The fourth-order valence-corrected chi connectivity index (χ4v) is 6.04. The van der Waals surface area contributed by atoms with Crippen LogP contribution in [0.5, 0.6) is 0 Å². The van der Waals surface area contributed by atoms with E-state index in [1.807, 2.05) is 30.5 Å². The number of benzene rings is 1. The highest BCUT2D eigenvalue weighted by Crippen LogP contribution is 2.34. The SMILES string of the molecule is O=C(NCCCC1CCCCN1CCCc1ccccc1)C1=Cc2cnc3cccc(n23)S1. The summed E-state index contributed by atoms with van der Waals surface area (Å²) in [6, 6.07) is 17.5. The van der Waals surface area contributed by atoms with E-state index < -0.39 is 0 Å². The fraction of sp³-hybridized carbons (Fsp3) is 0.407. The predicted octanol–water partition coefficient (Wildman–Crippen LogP) is 5.16. The molecule has 0 aliphatic carbocycles. The van der Waals surface area contributed by atoms with Gasteiger partial charge in [-0.15, -0.1) is 0 Å². The van der Waals surface area contributed by atoms with Gasteiger partial charge in [-0.05, 0) is 75.4 Å². The lowest BCUT2D eigenvalue weighted by atomic mass is 9.97. The van der Waals surface area contributed by atoms with E-state index in [-0.39, 0.29) is 5.91 Å². The van der Waals surface area contributed by atoms with Crippen molar-refractivity contribution < 1.29 is 4.79 Å². The van der Waals surface area contributed by atoms with Crippen molar-refractivity contribution in [2.75, 3.05) is 19.6 Å². The van der Waals surface area contributed by atoms with Crippen LogP contribution in [0.2, 0.25) is 0 Å². The van der Waals surface area contributed by atoms with Crippen molar-refractivity contribution in [2.24, 2.45) is 0 Å². The van der Waals surface area contributed by atoms with E-state index in [0.29, 0.717) is 6.04 Å². The van der Waals surface area contributed by atoms with E-state index in [4.69, 9.17) is 0 Å². The molecule has 1 amide bonds. The molecule has 6 heteroatoms. The number of likely N-dealkylation sites (tertiary alicyclic amines) is 1. The van der Waals surface area contributed by atoms with Crippen molar-refractivity contribution >= 4 is 29.4 Å². The van der Waals surface area contributed by atoms with Gasteiger partial charge in [0.1, 0.15) is 5.65 Å². The highest BCUT2D eigenvalue weighted by molar-refractivity contribution is 8.04. The second-order valence-electron chi connectivity index (χ2n) is 9.02. The summed E-state index contributed by atoms with van der Waals surface area (Å²) in [7, 11) is 0. The first kappa shape index (κ1) is 22.2. The van der Waals surface area contributed by atoms with E-state index in [0.717, 1.165) is 47.1 Å². The minimum absolute atomic E-state index is 0.0211. The van der Waals surface area contributed by atoms with Gasteiger partial charge >= 0.3 is 0 Å². The number of hydrogen-bond donors (Lipinski definition) is 1. The molecule has 0 bridgehead atoms. The van der Waals surface area contributed by atoms with Crippen LogP contribution >= 0.6 is 11.8 Å². The minimum atomic E-state index is 0.0211. The zero-order valence-corrected chi connectivity index (χ0v) is 19.9. The molecule has 0 radical (unpaired) electrons. The average molecular weight is 461 g/mol. The van der Waals surface area contributed by atoms with Crippen molar-refractivity contribution in [3.8, 4) is 0 Å². The van der Waals surface area contributed by atoms with Crippen molar-refractivity contribution in [1.82, 2.24) is 19.6 Å². The Morgan fingerprint density at radius 1 is 1.09 bits per heavy atom. The maximum absolute atomic E-state index is 12.8. The Labute approximate surface area is 200 Å². The van der Waals surface area contributed by atoms with Gasteiger partial charge in [-0.3, -0.25) is 9.20 Å². The number of carbonyl (C=O) groups excluding carboxylic acids is 1. The minimum Gasteiger partial charge on any atom is -0.352 e. The number of hydrogen-bond acceptors (Lipinski definition) is 4. The molecule has 1 N–H and O–H groups in total. The van der Waals surface area contributed by atoms with Crippen molar-refractivity contribution in [2.45, 2.75) is 56.0 Å². The van der Waals surface area contributed by atoms with Crippen LogP contribution in [-0.4, -0.2) is 45.9 Å². The monoisotopic (exact) mass is 460 g/mol. The maximum atomic E-state index is 12.8. The molecular weight excluding hydrogens is 428 g/mol. The lowest BCUT2D eigenvalue weighted by Gasteiger charge is -2.36. The highest BCUT2D eigenvalue weighted by Gasteiger charge is 2.22. The van der Waals surface area contributed by atoms with Crippen LogP contribution in [0.1, 0.15) is 49.8 Å². The largest absolute Gasteiger partial charge is 0.352 e. The van der Waals surface area contributed by atoms with E-state index in [2.05, 4.69) is 49.9 Å². The van der Waals surface area contributed by atoms with Gasteiger partial charge in [-0.25, -0.2) is 4.98 Å². The van der Waals surface area contributed by atoms with Crippen LogP contribution in [0.25, 0.3) is 11.7 Å². The molecule has 1 unspecified atom stereocenters. The van der Waals surface area contributed by atoms with Gasteiger partial charge < -0.3 is 10.2 Å². The van der Waals surface area contributed by atoms with Crippen LogP contribution in [0.3, 0.4) is 0 Å². The highest BCUT2D eigenvalue weighted by atomic mass is 32.2. The normalized spacial score (nSPS) is 18.3. The van der Waals surface area contributed by atoms with E-state index in [9.17, 15) is 4.79 Å². The molecule has 1 atom stereocenters. The number of nitrogens with one attached hydrogen (secondary N) is 1. The molecule has 2 aliphatic rings. The number of pyridine rings is 1. The predicted molar refractivity (Wildman–Crippen MR) is 135 cm³/mol. The number of imidazole rings is 1. The Kier molecular flexibility index (Phi) is 7.12. The fourth-order valence-electron chi connectivity index (χ4n) is 5.04. The second-order valence-corrected chi connectivity index (χ2v) is 10.1. The van der Waals surface area contributed by atoms with Gasteiger partial charge in [0.25, 0.3) is 5.91 Å². The van der Waals surface area contributed by atoms with Gasteiger partial charge in [-0.2, -0.15) is 0 Å². The van der Waals surface area contributed by atoms with Crippen LogP contribution < -0.4 is 5.32 Å². The summed E-state index contributed by atoms with van der Waals surface area (Å²) in [6.45, 7) is 3.12. The quantitative estimate of drug-likeness (QED) is 0.448. The Hall–Kier alpha value is -2.57. The van der Waals surface area contributed by atoms with Gasteiger partial charge in [-0.1, -0.05) is 54.6 Å². The molecule has 0 saturated carbocycles. The molecule has 5 rings (SSSR count). The first-order valence-electron chi connectivity index (χ1n) is 12.2. The third kappa shape index (κ3) is 5.33. The van der Waals surface area contributed by atoms with E-state index in [1.54, 1.807) is 0 Å². The first-order chi connectivity index (χ1) is 16.3. The zero-order chi connectivity index (χ0) is 22.5. The third-order valence-electron chi connectivity index (χ3n) is 6.74. The number of rotatable bonds is 9. The zero-order valence-electron chi connectivity index (χ0n) is 19.1. The lowest BCUT2D eigenvalue weighted by molar-refractivity contribution is -0.116. The van der Waals surface area contributed by atoms with Crippen LogP contribution in [0.4, 0.5) is 0 Å². The third-order valence-corrected chi connectivity index (χ3v) is 7.79. The van der Waals surface area contributed by atoms with Crippen molar-refractivity contribution in [1.29, 1.82) is 0 Å². The van der Waals surface area contributed by atoms with Crippen molar-refractivity contribution in [3.63, 3.8) is 0 Å². The summed E-state index contributed by atoms with van der Waals surface area (Å²) in [6.07, 6.45) is 12.3. The van der Waals surface area contributed by atoms with Gasteiger partial charge in [0.15, 0.2) is 0 Å². The molecule has 1 fully saturated rings. The summed E-state index contributed by atoms with van der Waals surface area (Å²) >= 11 is 1.52. The Morgan fingerprint density at radius 2 is 2.00 bits per heavy atom. The number of amides is 1. The number of aryl methyl sites for hydroxylation is 1. The van der Waals surface area contributed by atoms with Crippen LogP contribution in [0.15, 0.2) is 64.7 Å². The van der Waals surface area contributed by atoms with Gasteiger partial charge in [0.05, 0.1) is 21.8 Å². The molecule has 2 aliphatic heterocycles. The second kappa shape index (κ2) is 10.6. The molecule has 3 aromatic rings. The molecule has 172 valence electrons. The molecule has 4 heterocycles. The van der Waals surface area contributed by atoms with Gasteiger partial charge in [0.2, 0.25) is 0 Å². The topological polar surface area (TPSA) is 49.6 Å². The summed E-state index contributed by atoms with van der Waals surface area (Å²) < 4.78 is 2.09. The molecular formula is C27H32N4OS. The first-order valence-corrected chi connectivity index (χ1v) is 13.0. The van der Waals surface area contributed by atoms with E-state index >= 15 is 0 Å².